The molecule has 3 rings (SSSR count). The van der Waals surface area contributed by atoms with E-state index in [1.165, 1.54) is 22.8 Å². The highest BCUT2D eigenvalue weighted by Crippen LogP contribution is 2.15. The summed E-state index contributed by atoms with van der Waals surface area (Å²) in [6.45, 7) is 7.67. The van der Waals surface area contributed by atoms with Crippen molar-refractivity contribution in [2.75, 3.05) is 26.2 Å². The number of unbranched alkanes of at least 4 members (excludes halogenated alkanes) is 1. The molecule has 3 heterocycles. The molecule has 0 atom stereocenters. The smallest absolute Gasteiger partial charge is 0.279 e. The van der Waals surface area contributed by atoms with Crippen LogP contribution in [0.4, 0.5) is 0 Å². The van der Waals surface area contributed by atoms with E-state index >= 15 is 0 Å². The number of nitrogens with zero attached hydrogens (tertiary/aromatic N) is 4. The predicted octanol–water partition coefficient (Wildman–Crippen LogP) is 0.929. The quantitative estimate of drug-likeness (QED) is 0.801. The van der Waals surface area contributed by atoms with Crippen molar-refractivity contribution >= 4 is 10.2 Å². The van der Waals surface area contributed by atoms with E-state index in [1.807, 2.05) is 10.7 Å². The van der Waals surface area contributed by atoms with E-state index < -0.39 is 10.2 Å². The molecule has 0 aromatic carbocycles. The molecule has 2 aliphatic rings. The van der Waals surface area contributed by atoms with Crippen LogP contribution in [0.15, 0.2) is 6.07 Å². The highest BCUT2D eigenvalue weighted by molar-refractivity contribution is 7.87. The monoisotopic (exact) mass is 341 g/mol. The fraction of sp³-hybridized carbons (Fsp3) is 0.800. The maximum absolute atomic E-state index is 12.2. The standard InChI is InChI=1S/C15H27N5O2S/c1-2-3-6-18-9-10-20-15(13-18)11-14(17-20)12-16-23(21,22)19-7-4-5-8-19/h11,16H,2-10,12-13H2,1H3. The Balaban J connectivity index is 1.57. The molecule has 0 bridgehead atoms. The van der Waals surface area contributed by atoms with Crippen LogP contribution in [0.25, 0.3) is 0 Å². The first-order valence-electron chi connectivity index (χ1n) is 8.61. The molecule has 1 aromatic heterocycles. The van der Waals surface area contributed by atoms with Gasteiger partial charge in [0, 0.05) is 26.2 Å². The minimum absolute atomic E-state index is 0.272. The first-order chi connectivity index (χ1) is 11.1. The van der Waals surface area contributed by atoms with E-state index in [1.54, 1.807) is 0 Å². The molecular weight excluding hydrogens is 314 g/mol. The van der Waals surface area contributed by atoms with Crippen molar-refractivity contribution in [2.24, 2.45) is 0 Å². The zero-order valence-corrected chi connectivity index (χ0v) is 14.7. The van der Waals surface area contributed by atoms with Gasteiger partial charge in [-0.2, -0.15) is 22.5 Å². The van der Waals surface area contributed by atoms with Gasteiger partial charge in [0.1, 0.15) is 0 Å². The van der Waals surface area contributed by atoms with Gasteiger partial charge < -0.3 is 0 Å². The Morgan fingerprint density at radius 3 is 2.74 bits per heavy atom. The fourth-order valence-electron chi connectivity index (χ4n) is 3.22. The normalized spacial score (nSPS) is 20.0. The average molecular weight is 341 g/mol. The number of rotatable bonds is 7. The van der Waals surface area contributed by atoms with E-state index in [0.717, 1.165) is 44.7 Å². The lowest BCUT2D eigenvalue weighted by Crippen LogP contribution is -2.38. The molecule has 0 aliphatic carbocycles. The second-order valence-electron chi connectivity index (χ2n) is 6.41. The van der Waals surface area contributed by atoms with Gasteiger partial charge >= 0.3 is 0 Å². The van der Waals surface area contributed by atoms with Gasteiger partial charge in [-0.05, 0) is 31.9 Å². The minimum atomic E-state index is -3.36. The van der Waals surface area contributed by atoms with Crippen LogP contribution in [0.2, 0.25) is 0 Å². The lowest BCUT2D eigenvalue weighted by atomic mass is 10.2. The Kier molecular flexibility index (Phi) is 5.35. The largest absolute Gasteiger partial charge is 0.296 e. The molecule has 7 nitrogen and oxygen atoms in total. The molecule has 130 valence electrons. The molecule has 0 saturated carbocycles. The number of hydrogen-bond acceptors (Lipinski definition) is 4. The second kappa shape index (κ2) is 7.29. The Hall–Kier alpha value is -0.960. The second-order valence-corrected chi connectivity index (χ2v) is 8.17. The fourth-order valence-corrected chi connectivity index (χ4v) is 4.48. The SMILES string of the molecule is CCCCN1CCn2nc(CNS(=O)(=O)N3CCCC3)cc2C1. The molecule has 0 amide bonds. The summed E-state index contributed by atoms with van der Waals surface area (Å²) < 4.78 is 30.6. The Labute approximate surface area is 138 Å². The van der Waals surface area contributed by atoms with Crippen molar-refractivity contribution in [1.82, 2.24) is 23.7 Å². The van der Waals surface area contributed by atoms with Gasteiger partial charge in [-0.3, -0.25) is 9.58 Å². The maximum atomic E-state index is 12.2. The van der Waals surface area contributed by atoms with Crippen LogP contribution >= 0.6 is 0 Å². The molecular formula is C15H27N5O2S. The summed E-state index contributed by atoms with van der Waals surface area (Å²) in [6.07, 6.45) is 4.33. The van der Waals surface area contributed by atoms with E-state index in [0.29, 0.717) is 13.1 Å². The average Bonchev–Trinajstić information content (AvgIpc) is 3.20. The highest BCUT2D eigenvalue weighted by Gasteiger charge is 2.25. The topological polar surface area (TPSA) is 70.5 Å². The van der Waals surface area contributed by atoms with Crippen LogP contribution in [-0.4, -0.2) is 53.6 Å². The van der Waals surface area contributed by atoms with Crippen LogP contribution in [0.3, 0.4) is 0 Å². The molecule has 0 spiro atoms. The number of hydrogen-bond donors (Lipinski definition) is 1. The van der Waals surface area contributed by atoms with E-state index in [4.69, 9.17) is 0 Å². The molecule has 23 heavy (non-hydrogen) atoms. The molecule has 0 unspecified atom stereocenters. The third-order valence-electron chi connectivity index (χ3n) is 4.60. The Bertz CT molecular complexity index is 622. The van der Waals surface area contributed by atoms with Gasteiger partial charge in [0.05, 0.1) is 24.5 Å². The summed E-state index contributed by atoms with van der Waals surface area (Å²) in [5.74, 6) is 0. The first-order valence-corrected chi connectivity index (χ1v) is 10.0. The lowest BCUT2D eigenvalue weighted by molar-refractivity contribution is 0.210. The summed E-state index contributed by atoms with van der Waals surface area (Å²) in [4.78, 5) is 2.44. The Morgan fingerprint density at radius 1 is 1.22 bits per heavy atom. The third kappa shape index (κ3) is 4.12. The van der Waals surface area contributed by atoms with Gasteiger partial charge in [0.15, 0.2) is 0 Å². The first kappa shape index (κ1) is 16.9. The van der Waals surface area contributed by atoms with E-state index in [2.05, 4.69) is 21.6 Å². The van der Waals surface area contributed by atoms with Crippen molar-refractivity contribution in [1.29, 1.82) is 0 Å². The molecule has 2 aliphatic heterocycles. The molecule has 8 heteroatoms. The van der Waals surface area contributed by atoms with Gasteiger partial charge in [0.25, 0.3) is 10.2 Å². The zero-order chi connectivity index (χ0) is 16.3. The van der Waals surface area contributed by atoms with Crippen LogP contribution in [0, 0.1) is 0 Å². The summed E-state index contributed by atoms with van der Waals surface area (Å²) >= 11 is 0. The molecule has 1 aromatic rings. The van der Waals surface area contributed by atoms with Crippen LogP contribution < -0.4 is 4.72 Å². The number of nitrogens with one attached hydrogen (secondary N) is 1. The van der Waals surface area contributed by atoms with Gasteiger partial charge in [0.2, 0.25) is 0 Å². The van der Waals surface area contributed by atoms with Crippen molar-refractivity contribution in [2.45, 2.75) is 52.2 Å². The van der Waals surface area contributed by atoms with Crippen molar-refractivity contribution in [3.63, 3.8) is 0 Å². The van der Waals surface area contributed by atoms with Crippen LogP contribution in [-0.2, 0) is 29.8 Å². The van der Waals surface area contributed by atoms with E-state index in [-0.39, 0.29) is 6.54 Å². The molecule has 1 N–H and O–H groups in total. The summed E-state index contributed by atoms with van der Waals surface area (Å²) in [5.41, 5.74) is 1.99. The summed E-state index contributed by atoms with van der Waals surface area (Å²) in [7, 11) is -3.36. The van der Waals surface area contributed by atoms with Gasteiger partial charge in [-0.25, -0.2) is 0 Å². The van der Waals surface area contributed by atoms with Crippen molar-refractivity contribution in [3.05, 3.63) is 17.5 Å². The Morgan fingerprint density at radius 2 is 2.00 bits per heavy atom. The summed E-state index contributed by atoms with van der Waals surface area (Å²) in [5, 5.41) is 4.54. The number of aromatic nitrogens is 2. The van der Waals surface area contributed by atoms with E-state index in [9.17, 15) is 8.42 Å². The predicted molar refractivity (Wildman–Crippen MR) is 89.0 cm³/mol. The third-order valence-corrected chi connectivity index (χ3v) is 6.15. The minimum Gasteiger partial charge on any atom is -0.296 e. The number of fused-ring (bicyclic) bond motifs is 1. The maximum Gasteiger partial charge on any atom is 0.279 e. The highest BCUT2D eigenvalue weighted by atomic mass is 32.2. The van der Waals surface area contributed by atoms with Crippen molar-refractivity contribution in [3.8, 4) is 0 Å². The van der Waals surface area contributed by atoms with Crippen LogP contribution in [0.5, 0.6) is 0 Å². The zero-order valence-electron chi connectivity index (χ0n) is 13.9. The lowest BCUT2D eigenvalue weighted by Gasteiger charge is -2.27. The van der Waals surface area contributed by atoms with Gasteiger partial charge in [-0.1, -0.05) is 13.3 Å². The van der Waals surface area contributed by atoms with Crippen LogP contribution in [0.1, 0.15) is 44.0 Å². The van der Waals surface area contributed by atoms with Crippen molar-refractivity contribution < 1.29 is 8.42 Å². The molecule has 1 saturated heterocycles. The molecule has 1 fully saturated rings. The van der Waals surface area contributed by atoms with Gasteiger partial charge in [-0.15, -0.1) is 0 Å². The summed E-state index contributed by atoms with van der Waals surface area (Å²) in [6, 6.07) is 2.03. The molecule has 0 radical (unpaired) electrons.